The normalized spacial score (nSPS) is 10.8. The number of nitriles is 1. The molecule has 3 aromatic rings. The smallest absolute Gasteiger partial charge is 0.205 e. The van der Waals surface area contributed by atoms with Gasteiger partial charge in [-0.25, -0.2) is 9.37 Å². The molecule has 0 aliphatic rings. The van der Waals surface area contributed by atoms with Crippen molar-refractivity contribution >= 4 is 44.5 Å². The van der Waals surface area contributed by atoms with Crippen LogP contribution in [0.15, 0.2) is 34.8 Å². The molecule has 0 atom stereocenters. The van der Waals surface area contributed by atoms with E-state index < -0.39 is 5.82 Å². The molecule has 0 saturated carbocycles. The summed E-state index contributed by atoms with van der Waals surface area (Å²) in [6, 6.07) is 9.78. The summed E-state index contributed by atoms with van der Waals surface area (Å²) in [4.78, 5) is 4.18. The van der Waals surface area contributed by atoms with Crippen LogP contribution >= 0.6 is 27.5 Å². The van der Waals surface area contributed by atoms with Crippen molar-refractivity contribution in [3.05, 3.63) is 51.2 Å². The zero-order valence-corrected chi connectivity index (χ0v) is 12.8. The molecule has 0 radical (unpaired) electrons. The Hall–Kier alpha value is -2.10. The molecular weight excluding hydrogens is 359 g/mol. The van der Waals surface area contributed by atoms with E-state index >= 15 is 0 Å². The Balaban J connectivity index is 2.32. The zero-order valence-electron chi connectivity index (χ0n) is 10.4. The fourth-order valence-corrected chi connectivity index (χ4v) is 2.82. The van der Waals surface area contributed by atoms with Crippen LogP contribution in [-0.4, -0.2) is 9.55 Å². The van der Waals surface area contributed by atoms with Crippen LogP contribution in [0.3, 0.4) is 0 Å². The Kier molecular flexibility index (Phi) is 3.32. The zero-order chi connectivity index (χ0) is 15.1. The summed E-state index contributed by atoms with van der Waals surface area (Å²) in [5.74, 6) is -0.341. The number of nitrogens with zero attached hydrogens (tertiary/aromatic N) is 3. The van der Waals surface area contributed by atoms with E-state index in [9.17, 15) is 4.39 Å². The van der Waals surface area contributed by atoms with Crippen LogP contribution in [-0.2, 0) is 0 Å². The van der Waals surface area contributed by atoms with Crippen molar-refractivity contribution in [1.29, 1.82) is 5.26 Å². The minimum atomic E-state index is -0.546. The Bertz CT molecular complexity index is 913. The number of nitrogen functional groups attached to an aromatic ring is 1. The predicted octanol–water partition coefficient (Wildman–Crippen LogP) is 4.03. The first kappa shape index (κ1) is 13.9. The second-order valence-electron chi connectivity index (χ2n) is 4.34. The van der Waals surface area contributed by atoms with Gasteiger partial charge in [-0.15, -0.1) is 0 Å². The van der Waals surface area contributed by atoms with Crippen LogP contribution in [0, 0.1) is 17.1 Å². The molecule has 1 heterocycles. The number of anilines is 1. The van der Waals surface area contributed by atoms with Gasteiger partial charge in [-0.2, -0.15) is 5.26 Å². The lowest BCUT2D eigenvalue weighted by Gasteiger charge is -2.09. The van der Waals surface area contributed by atoms with Crippen molar-refractivity contribution in [2.75, 3.05) is 5.73 Å². The standard InChI is InChI=1S/C14H7BrClFN4/c15-8-3-7(6-18)1-2-12(8)21-13-5-10(17)9(16)4-11(13)20-14(21)19/h1-5H,(H2,19,20). The minimum absolute atomic E-state index is 0.00829. The number of benzene rings is 2. The van der Waals surface area contributed by atoms with E-state index in [2.05, 4.69) is 20.9 Å². The van der Waals surface area contributed by atoms with Crippen LogP contribution < -0.4 is 5.73 Å². The molecule has 0 saturated heterocycles. The highest BCUT2D eigenvalue weighted by atomic mass is 79.9. The molecule has 7 heteroatoms. The average Bonchev–Trinajstić information content (AvgIpc) is 2.75. The molecule has 21 heavy (non-hydrogen) atoms. The summed E-state index contributed by atoms with van der Waals surface area (Å²) >= 11 is 9.14. The maximum Gasteiger partial charge on any atom is 0.205 e. The summed E-state index contributed by atoms with van der Waals surface area (Å²) in [6.07, 6.45) is 0. The lowest BCUT2D eigenvalue weighted by molar-refractivity contribution is 0.629. The first-order valence-electron chi connectivity index (χ1n) is 5.84. The molecule has 0 aliphatic carbocycles. The molecule has 0 spiro atoms. The minimum Gasteiger partial charge on any atom is -0.369 e. The van der Waals surface area contributed by atoms with Crippen LogP contribution in [0.4, 0.5) is 10.3 Å². The highest BCUT2D eigenvalue weighted by Gasteiger charge is 2.15. The van der Waals surface area contributed by atoms with E-state index in [4.69, 9.17) is 22.6 Å². The van der Waals surface area contributed by atoms with Gasteiger partial charge >= 0.3 is 0 Å². The molecule has 104 valence electrons. The third-order valence-corrected chi connectivity index (χ3v) is 3.96. The number of halogens is 3. The molecule has 0 bridgehead atoms. The molecule has 1 aromatic heterocycles. The van der Waals surface area contributed by atoms with E-state index in [1.807, 2.05) is 6.07 Å². The van der Waals surface area contributed by atoms with Crippen LogP contribution in [0.1, 0.15) is 5.56 Å². The summed E-state index contributed by atoms with van der Waals surface area (Å²) in [6.45, 7) is 0. The van der Waals surface area contributed by atoms with E-state index in [0.717, 1.165) is 0 Å². The van der Waals surface area contributed by atoms with E-state index in [0.29, 0.717) is 26.8 Å². The number of imidazole rings is 1. The number of nitrogens with two attached hydrogens (primary N) is 1. The number of hydrogen-bond acceptors (Lipinski definition) is 3. The van der Waals surface area contributed by atoms with Crippen LogP contribution in [0.25, 0.3) is 16.7 Å². The van der Waals surface area contributed by atoms with Crippen LogP contribution in [0.5, 0.6) is 0 Å². The van der Waals surface area contributed by atoms with Crippen LogP contribution in [0.2, 0.25) is 5.02 Å². The third kappa shape index (κ3) is 2.24. The topological polar surface area (TPSA) is 67.6 Å². The molecule has 0 aliphatic heterocycles. The predicted molar refractivity (Wildman–Crippen MR) is 82.9 cm³/mol. The Morgan fingerprint density at radius 1 is 1.33 bits per heavy atom. The number of rotatable bonds is 1. The first-order chi connectivity index (χ1) is 10.0. The quantitative estimate of drug-likeness (QED) is 0.708. The number of aromatic nitrogens is 2. The van der Waals surface area contributed by atoms with Crippen molar-refractivity contribution in [3.8, 4) is 11.8 Å². The third-order valence-electron chi connectivity index (χ3n) is 3.04. The fraction of sp³-hybridized carbons (Fsp3) is 0. The lowest BCUT2D eigenvalue weighted by atomic mass is 10.2. The highest BCUT2D eigenvalue weighted by molar-refractivity contribution is 9.10. The van der Waals surface area contributed by atoms with Gasteiger partial charge in [-0.3, -0.25) is 4.57 Å². The van der Waals surface area contributed by atoms with Gasteiger partial charge in [0.2, 0.25) is 5.95 Å². The van der Waals surface area contributed by atoms with Crippen molar-refractivity contribution < 1.29 is 4.39 Å². The van der Waals surface area contributed by atoms with Gasteiger partial charge < -0.3 is 5.73 Å². The Morgan fingerprint density at radius 3 is 2.76 bits per heavy atom. The lowest BCUT2D eigenvalue weighted by Crippen LogP contribution is -2.01. The van der Waals surface area contributed by atoms with Crippen molar-refractivity contribution in [1.82, 2.24) is 9.55 Å². The Morgan fingerprint density at radius 2 is 2.10 bits per heavy atom. The molecule has 0 unspecified atom stereocenters. The molecule has 2 N–H and O–H groups in total. The monoisotopic (exact) mass is 364 g/mol. The van der Waals surface area contributed by atoms with Gasteiger partial charge in [-0.1, -0.05) is 11.6 Å². The largest absolute Gasteiger partial charge is 0.369 e. The Labute approximate surface area is 132 Å². The van der Waals surface area contributed by atoms with E-state index in [-0.39, 0.29) is 11.0 Å². The summed E-state index contributed by atoms with van der Waals surface area (Å²) in [5.41, 5.74) is 8.09. The summed E-state index contributed by atoms with van der Waals surface area (Å²) < 4.78 is 16.0. The van der Waals surface area contributed by atoms with Crippen molar-refractivity contribution in [2.24, 2.45) is 0 Å². The first-order valence-corrected chi connectivity index (χ1v) is 7.01. The van der Waals surface area contributed by atoms with Gasteiger partial charge in [0.25, 0.3) is 0 Å². The van der Waals surface area contributed by atoms with E-state index in [1.54, 1.807) is 22.8 Å². The maximum atomic E-state index is 13.7. The van der Waals surface area contributed by atoms with Gasteiger partial charge in [0.1, 0.15) is 5.82 Å². The molecule has 0 fully saturated rings. The summed E-state index contributed by atoms with van der Waals surface area (Å²) in [7, 11) is 0. The SMILES string of the molecule is N#Cc1ccc(-n2c(N)nc3cc(Cl)c(F)cc32)c(Br)c1. The van der Waals surface area contributed by atoms with Gasteiger partial charge in [0.15, 0.2) is 0 Å². The average molecular weight is 366 g/mol. The maximum absolute atomic E-state index is 13.7. The molecule has 0 amide bonds. The second-order valence-corrected chi connectivity index (χ2v) is 5.60. The van der Waals surface area contributed by atoms with Gasteiger partial charge in [-0.05, 0) is 40.2 Å². The summed E-state index contributed by atoms with van der Waals surface area (Å²) in [5, 5.41) is 8.89. The van der Waals surface area contributed by atoms with Crippen molar-refractivity contribution in [3.63, 3.8) is 0 Å². The number of fused-ring (bicyclic) bond motifs is 1. The van der Waals surface area contributed by atoms with Gasteiger partial charge in [0.05, 0.1) is 33.4 Å². The van der Waals surface area contributed by atoms with E-state index in [1.165, 1.54) is 12.1 Å². The molecular formula is C14H7BrClFN4. The number of hydrogen-bond donors (Lipinski definition) is 1. The molecule has 2 aromatic carbocycles. The highest BCUT2D eigenvalue weighted by Crippen LogP contribution is 2.31. The molecule has 3 rings (SSSR count). The van der Waals surface area contributed by atoms with Gasteiger partial charge in [0, 0.05) is 10.5 Å². The molecule has 4 nitrogen and oxygen atoms in total. The van der Waals surface area contributed by atoms with Crippen molar-refractivity contribution in [2.45, 2.75) is 0 Å². The second kappa shape index (κ2) is 5.02. The fourth-order valence-electron chi connectivity index (χ4n) is 2.10.